The maximum Gasteiger partial charge on any atom is 0.328 e. The van der Waals surface area contributed by atoms with Crippen molar-refractivity contribution in [3.8, 4) is 0 Å². The summed E-state index contributed by atoms with van der Waals surface area (Å²) in [6.45, 7) is 14.9. The Balaban J connectivity index is 0.000000341. The standard InChI is InChI=1S/C29H40N4O6S.C28H38N4O6S.2C22H28N4O5S2/c1-4-6-7-8-9-16-26(35)40-17-11-10-14-22-18-25(34)30-19-21-13-12-15-24(32-21)28(37)33-23(5-2)27(36)31-20(3)29(38)39-22;1-3-5-6-7-8-15-26(35)39-16-10-9-13-21-17-24(33)29-18-20-12-11-14-23(31-20)28(37)32-22(4-2)27(36)30-19-25(34)38-21;1-4-15-20(28)24-13(2)22(30)31-14(7-5-6-10-32)11-19(27)23-12-17-18(33-3)9-8-16(25-17)21(29)26-15;1-4-17-20(28)24-13(2)22(30)31-15(7-5-6-8-32)10-19(27)23-12-14-9-16(33-3)11-18(25-14)21(29)26-17/h5,10,12-15,20,22H,4,6-9,11,16-19H2,1-3H3,(H,30,34)(H,31,36)(H,33,37);4,9,11-14,21H,3,5-8,10,15-19H2,1-2H3,(H,29,33)(H,30,36)(H,32,37);4-5,7-9,13-14,32H,6,10-12H2,1-3H3,(H,23,27)(H,24,28)(H,26,29);4-5,7,9,11,13,15,32H,6,8,10,12H2,1-3H3,(H,23,27)(H,24,28)(H,26,29)/b14-10+,23-5-;13-9+,22-4-;7-5+,15-4-;7-5+,17-4-/t20-,22-;21-;13-,14+;13-,15+/m1100/s1. The molecule has 0 radical (unpaired) electrons. The molecule has 7 atom stereocenters. The first-order valence-electron chi connectivity index (χ1n) is 47.8. The monoisotopic (exact) mass is 2110 g/mol. The van der Waals surface area contributed by atoms with Crippen LogP contribution in [0.2, 0.25) is 0 Å². The van der Waals surface area contributed by atoms with E-state index in [4.69, 9.17) is 18.9 Å². The molecule has 0 aliphatic carbocycles. The SMILES string of the molecule is C/C=C1\NC(=O)c2cc(SC)cc(n2)CNC(=O)C[C@@H](/C=C/CCS)OC(=O)[C@H](C)NC1=O.C/C=C1\NC(=O)c2ccc(SC)c(n2)CNC(=O)C[C@@H](/C=C/CCS)OC(=O)[C@H](C)NC1=O.C/C=C1\NC(=O)c2cccc(n2)CNC(=O)C[C@@H](/C=C/CCSC(=O)CCCCCCC)OC(=O)CNC1=O.C/C=C1\NC(=O)c2cccc(n2)CNC(=O)C[C@@H](/C=C/CCSC(=O)CCCCCCC)OC(=O)[C@@H](C)NC1=O. The molecular formula is C101H134N16O22S6. The molecule has 12 N–H and O–H groups in total. The summed E-state index contributed by atoms with van der Waals surface area (Å²) in [5.74, 6) is -6.97. The smallest absolute Gasteiger partial charge is 0.328 e. The number of nitrogens with zero attached hydrogens (tertiary/aromatic N) is 4. The van der Waals surface area contributed by atoms with E-state index >= 15 is 0 Å². The predicted molar refractivity (Wildman–Crippen MR) is 561 cm³/mol. The fourth-order valence-corrected chi connectivity index (χ4v) is 16.0. The highest BCUT2D eigenvalue weighted by molar-refractivity contribution is 8.13. The molecule has 0 spiro atoms. The Morgan fingerprint density at radius 3 is 1.11 bits per heavy atom. The summed E-state index contributed by atoms with van der Waals surface area (Å²) in [4.78, 5) is 244. The quantitative estimate of drug-likeness (QED) is 0.00478. The van der Waals surface area contributed by atoms with Crippen LogP contribution in [0.1, 0.15) is 255 Å². The Hall–Kier alpha value is -12.5. The molecule has 4 aliphatic heterocycles. The number of amides is 12. The number of esters is 4. The third-order valence-electron chi connectivity index (χ3n) is 21.0. The normalized spacial score (nSPS) is 20.5. The zero-order valence-electron chi connectivity index (χ0n) is 83.5. The molecule has 4 aromatic rings. The molecule has 145 heavy (non-hydrogen) atoms. The number of rotatable bonds is 28. The molecule has 4 aliphatic rings. The van der Waals surface area contributed by atoms with Crippen LogP contribution in [0.3, 0.4) is 0 Å². The average Bonchev–Trinajstić information content (AvgIpc) is 0.812. The number of ether oxygens (including phenoxy) is 4. The van der Waals surface area contributed by atoms with Gasteiger partial charge in [0.25, 0.3) is 47.3 Å². The van der Waals surface area contributed by atoms with Gasteiger partial charge in [-0.25, -0.2) is 34.3 Å². The number of thioether (sulfide) groups is 4. The van der Waals surface area contributed by atoms with Gasteiger partial charge in [0.2, 0.25) is 23.6 Å². The Labute approximate surface area is 873 Å². The van der Waals surface area contributed by atoms with Crippen molar-refractivity contribution in [1.82, 2.24) is 83.7 Å². The molecule has 8 heterocycles. The van der Waals surface area contributed by atoms with Crippen molar-refractivity contribution in [2.24, 2.45) is 0 Å². The highest BCUT2D eigenvalue weighted by atomic mass is 32.2. The molecule has 786 valence electrons. The number of fused-ring (bicyclic) bond motifs is 8. The minimum Gasteiger partial charge on any atom is -0.456 e. The van der Waals surface area contributed by atoms with Crippen molar-refractivity contribution in [2.75, 3.05) is 42.1 Å². The van der Waals surface area contributed by atoms with Crippen LogP contribution in [-0.4, -0.2) is 210 Å². The molecule has 0 fully saturated rings. The maximum atomic E-state index is 12.7. The lowest BCUT2D eigenvalue weighted by Gasteiger charge is -2.20. The molecule has 8 bridgehead atoms. The Bertz CT molecular complexity index is 5400. The van der Waals surface area contributed by atoms with Crippen molar-refractivity contribution in [3.63, 3.8) is 0 Å². The minimum atomic E-state index is -1.04. The zero-order chi connectivity index (χ0) is 107. The molecule has 0 aromatic carbocycles. The molecule has 0 saturated carbocycles. The minimum absolute atomic E-state index is 0.0248. The van der Waals surface area contributed by atoms with Crippen LogP contribution in [0.15, 0.2) is 166 Å². The summed E-state index contributed by atoms with van der Waals surface area (Å²) in [7, 11) is 0. The van der Waals surface area contributed by atoms with Crippen LogP contribution >= 0.6 is 72.3 Å². The first kappa shape index (κ1) is 123. The highest BCUT2D eigenvalue weighted by Gasteiger charge is 2.31. The van der Waals surface area contributed by atoms with Crippen LogP contribution in [-0.2, 0) is 112 Å². The third-order valence-corrected chi connectivity index (χ3v) is 24.9. The third kappa shape index (κ3) is 48.4. The summed E-state index contributed by atoms with van der Waals surface area (Å²) < 4.78 is 21.9. The van der Waals surface area contributed by atoms with Crippen LogP contribution < -0.4 is 63.8 Å². The van der Waals surface area contributed by atoms with E-state index in [1.807, 2.05) is 12.5 Å². The largest absolute Gasteiger partial charge is 0.456 e. The number of carbonyl (C=O) groups is 18. The topological polar surface area (TPSA) is 540 Å². The van der Waals surface area contributed by atoms with Gasteiger partial charge >= 0.3 is 23.9 Å². The number of unbranched alkanes of at least 4 members (excludes halogenated alkanes) is 8. The van der Waals surface area contributed by atoms with Gasteiger partial charge in [-0.05, 0) is 184 Å². The number of carbonyl (C=O) groups excluding carboxylic acids is 18. The van der Waals surface area contributed by atoms with E-state index in [1.54, 1.807) is 125 Å². The summed E-state index contributed by atoms with van der Waals surface area (Å²) in [6.07, 6.45) is 33.7. The second-order valence-corrected chi connectivity index (χ2v) is 37.5. The van der Waals surface area contributed by atoms with Crippen LogP contribution in [0, 0.1) is 0 Å². The number of allylic oxidation sites excluding steroid dienone is 8. The summed E-state index contributed by atoms with van der Waals surface area (Å²) in [6, 6.07) is 13.1. The molecular weight excluding hydrogens is 1980 g/mol. The molecule has 0 saturated heterocycles. The number of thiol groups is 2. The summed E-state index contributed by atoms with van der Waals surface area (Å²) in [5, 5.41) is 31.2. The van der Waals surface area contributed by atoms with Crippen LogP contribution in [0.4, 0.5) is 0 Å². The lowest BCUT2D eigenvalue weighted by atomic mass is 10.1. The summed E-state index contributed by atoms with van der Waals surface area (Å²) in [5.41, 5.74) is 2.11. The fourth-order valence-electron chi connectivity index (χ4n) is 13.1. The Morgan fingerprint density at radius 1 is 0.379 bits per heavy atom. The van der Waals surface area contributed by atoms with Gasteiger partial charge in [-0.2, -0.15) is 25.3 Å². The molecule has 8 rings (SSSR count). The van der Waals surface area contributed by atoms with Gasteiger partial charge < -0.3 is 82.7 Å². The van der Waals surface area contributed by atoms with Gasteiger partial charge in [0.1, 0.15) is 94.7 Å². The highest BCUT2D eigenvalue weighted by Crippen LogP contribution is 2.24. The molecule has 12 amide bonds. The predicted octanol–water partition coefficient (Wildman–Crippen LogP) is 10.5. The molecule has 44 heteroatoms. The van der Waals surface area contributed by atoms with Crippen molar-refractivity contribution in [1.29, 1.82) is 0 Å². The lowest BCUT2D eigenvalue weighted by Crippen LogP contribution is -2.44. The van der Waals surface area contributed by atoms with Crippen molar-refractivity contribution in [3.05, 3.63) is 202 Å². The van der Waals surface area contributed by atoms with Crippen molar-refractivity contribution in [2.45, 2.75) is 269 Å². The zero-order valence-corrected chi connectivity index (χ0v) is 88.6. The van der Waals surface area contributed by atoms with Gasteiger partial charge in [-0.1, -0.05) is 149 Å². The van der Waals surface area contributed by atoms with E-state index in [0.717, 1.165) is 48.3 Å². The van der Waals surface area contributed by atoms with Crippen molar-refractivity contribution < 1.29 is 105 Å². The molecule has 4 aromatic heterocycles. The van der Waals surface area contributed by atoms with E-state index in [1.165, 1.54) is 130 Å². The Kier molecular flexibility index (Phi) is 58.9. The average molecular weight is 2120 g/mol. The number of nitrogens with one attached hydrogen (secondary N) is 12. The van der Waals surface area contributed by atoms with Crippen molar-refractivity contribution >= 4 is 177 Å². The maximum absolute atomic E-state index is 12.7. The number of pyridine rings is 4. The first-order valence-corrected chi connectivity index (χ1v) is 53.5. The van der Waals surface area contributed by atoms with Gasteiger partial charge in [-0.3, -0.25) is 71.9 Å². The van der Waals surface area contributed by atoms with E-state index < -0.39 is 120 Å². The van der Waals surface area contributed by atoms with E-state index in [2.05, 4.69) is 123 Å². The second-order valence-electron chi connectivity index (χ2n) is 32.6. The van der Waals surface area contributed by atoms with Gasteiger partial charge in [-0.15, -0.1) is 23.5 Å². The van der Waals surface area contributed by atoms with Crippen LogP contribution in [0.25, 0.3) is 0 Å². The summed E-state index contributed by atoms with van der Waals surface area (Å²) >= 11 is 13.7. The van der Waals surface area contributed by atoms with E-state index in [0.29, 0.717) is 84.3 Å². The second kappa shape index (κ2) is 69.5. The van der Waals surface area contributed by atoms with Gasteiger partial charge in [0.15, 0.2) is 10.2 Å². The number of hydrogen-bond donors (Lipinski definition) is 14. The first-order chi connectivity index (χ1) is 69.6. The number of cyclic esters (lactones) is 4. The molecule has 0 unspecified atom stereocenters. The number of hydrogen-bond acceptors (Lipinski definition) is 32. The van der Waals surface area contributed by atoms with Crippen LogP contribution in [0.5, 0.6) is 0 Å². The van der Waals surface area contributed by atoms with E-state index in [-0.39, 0.29) is 131 Å². The molecule has 38 nitrogen and oxygen atoms in total. The lowest BCUT2D eigenvalue weighted by molar-refractivity contribution is -0.152. The number of aromatic nitrogens is 4. The van der Waals surface area contributed by atoms with Gasteiger partial charge in [0, 0.05) is 34.1 Å². The van der Waals surface area contributed by atoms with E-state index in [9.17, 15) is 86.3 Å². The Morgan fingerprint density at radius 2 is 0.731 bits per heavy atom. The van der Waals surface area contributed by atoms with Gasteiger partial charge in [0.05, 0.1) is 74.6 Å². The fraction of sp³-hybridized carbons (Fsp3) is 0.465.